The SMILES string of the molecule is O=C(O)CC1CSCCN1C(=O)c1ccc(Oc2ccccc2)nc1. The summed E-state index contributed by atoms with van der Waals surface area (Å²) in [5.41, 5.74) is 0.433. The molecule has 1 aromatic carbocycles. The van der Waals surface area contributed by atoms with Crippen molar-refractivity contribution in [3.8, 4) is 11.6 Å². The summed E-state index contributed by atoms with van der Waals surface area (Å²) in [7, 11) is 0. The van der Waals surface area contributed by atoms with Crippen LogP contribution in [0.15, 0.2) is 48.7 Å². The van der Waals surface area contributed by atoms with Crippen LogP contribution in [-0.4, -0.2) is 51.0 Å². The van der Waals surface area contributed by atoms with Crippen LogP contribution < -0.4 is 4.74 Å². The summed E-state index contributed by atoms with van der Waals surface area (Å²) in [5.74, 6) is 1.44. The van der Waals surface area contributed by atoms with E-state index in [0.29, 0.717) is 29.5 Å². The largest absolute Gasteiger partial charge is 0.481 e. The van der Waals surface area contributed by atoms with Crippen molar-refractivity contribution in [2.75, 3.05) is 18.1 Å². The van der Waals surface area contributed by atoms with Crippen molar-refractivity contribution in [2.24, 2.45) is 0 Å². The molecule has 1 unspecified atom stereocenters. The van der Waals surface area contributed by atoms with Gasteiger partial charge in [0.15, 0.2) is 0 Å². The highest BCUT2D eigenvalue weighted by molar-refractivity contribution is 7.99. The number of pyridine rings is 1. The van der Waals surface area contributed by atoms with Gasteiger partial charge >= 0.3 is 5.97 Å². The van der Waals surface area contributed by atoms with Crippen molar-refractivity contribution < 1.29 is 19.4 Å². The summed E-state index contributed by atoms with van der Waals surface area (Å²) < 4.78 is 5.62. The maximum absolute atomic E-state index is 12.7. The molecule has 1 aliphatic heterocycles. The Bertz CT molecular complexity index is 737. The molecule has 1 fully saturated rings. The molecule has 1 saturated heterocycles. The van der Waals surface area contributed by atoms with Crippen LogP contribution in [0, 0.1) is 0 Å². The van der Waals surface area contributed by atoms with Crippen molar-refractivity contribution in [1.29, 1.82) is 0 Å². The maximum Gasteiger partial charge on any atom is 0.305 e. The summed E-state index contributed by atoms with van der Waals surface area (Å²) in [6.07, 6.45) is 1.43. The molecule has 1 amide bonds. The van der Waals surface area contributed by atoms with Gasteiger partial charge in [-0.3, -0.25) is 9.59 Å². The smallest absolute Gasteiger partial charge is 0.305 e. The zero-order valence-electron chi connectivity index (χ0n) is 13.5. The van der Waals surface area contributed by atoms with Gasteiger partial charge in [0.2, 0.25) is 5.88 Å². The number of aromatic nitrogens is 1. The third-order valence-corrected chi connectivity index (χ3v) is 4.94. The van der Waals surface area contributed by atoms with Gasteiger partial charge in [0.05, 0.1) is 18.0 Å². The molecular formula is C18H18N2O4S. The van der Waals surface area contributed by atoms with Crippen molar-refractivity contribution in [2.45, 2.75) is 12.5 Å². The topological polar surface area (TPSA) is 79.7 Å². The molecule has 0 bridgehead atoms. The van der Waals surface area contributed by atoms with Crippen LogP contribution in [0.2, 0.25) is 0 Å². The van der Waals surface area contributed by atoms with E-state index in [2.05, 4.69) is 4.98 Å². The third kappa shape index (κ3) is 4.51. The number of aliphatic carboxylic acids is 1. The lowest BCUT2D eigenvalue weighted by molar-refractivity contribution is -0.138. The molecule has 2 aromatic rings. The van der Waals surface area contributed by atoms with Gasteiger partial charge in [0.25, 0.3) is 5.91 Å². The number of carboxylic acids is 1. The van der Waals surface area contributed by atoms with E-state index in [4.69, 9.17) is 9.84 Å². The number of hydrogen-bond donors (Lipinski definition) is 1. The van der Waals surface area contributed by atoms with Crippen LogP contribution >= 0.6 is 11.8 Å². The van der Waals surface area contributed by atoms with E-state index in [1.54, 1.807) is 28.8 Å². The van der Waals surface area contributed by atoms with Crippen molar-refractivity contribution in [3.05, 3.63) is 54.2 Å². The molecule has 130 valence electrons. The van der Waals surface area contributed by atoms with E-state index in [0.717, 1.165) is 5.75 Å². The van der Waals surface area contributed by atoms with Crippen LogP contribution in [0.3, 0.4) is 0 Å². The van der Waals surface area contributed by atoms with Gasteiger partial charge in [0.1, 0.15) is 5.75 Å². The summed E-state index contributed by atoms with van der Waals surface area (Å²) in [5, 5.41) is 9.04. The van der Waals surface area contributed by atoms with E-state index in [-0.39, 0.29) is 18.4 Å². The Balaban J connectivity index is 1.70. The molecule has 1 aromatic heterocycles. The van der Waals surface area contributed by atoms with Gasteiger partial charge in [-0.05, 0) is 18.2 Å². The molecule has 1 aliphatic rings. The van der Waals surface area contributed by atoms with Crippen LogP contribution in [-0.2, 0) is 4.79 Å². The molecule has 3 rings (SSSR count). The molecule has 1 N–H and O–H groups in total. The second kappa shape index (κ2) is 8.02. The van der Waals surface area contributed by atoms with Crippen molar-refractivity contribution >= 4 is 23.6 Å². The fourth-order valence-corrected chi connectivity index (χ4v) is 3.70. The van der Waals surface area contributed by atoms with Crippen molar-refractivity contribution in [3.63, 3.8) is 0 Å². The Labute approximate surface area is 149 Å². The molecule has 2 heterocycles. The molecule has 0 radical (unpaired) electrons. The van der Waals surface area contributed by atoms with Gasteiger partial charge in [0, 0.05) is 30.3 Å². The van der Waals surface area contributed by atoms with Gasteiger partial charge in [-0.1, -0.05) is 18.2 Å². The Kier molecular flexibility index (Phi) is 5.55. The van der Waals surface area contributed by atoms with Crippen LogP contribution in [0.5, 0.6) is 11.6 Å². The molecular weight excluding hydrogens is 340 g/mol. The number of amides is 1. The lowest BCUT2D eigenvalue weighted by atomic mass is 10.1. The van der Waals surface area contributed by atoms with Crippen LogP contribution in [0.1, 0.15) is 16.8 Å². The standard InChI is InChI=1S/C18H18N2O4S/c21-17(22)10-14-12-25-9-8-20(14)18(23)13-6-7-16(19-11-13)24-15-4-2-1-3-5-15/h1-7,11,14H,8-10,12H2,(H,21,22). The van der Waals surface area contributed by atoms with Crippen LogP contribution in [0.25, 0.3) is 0 Å². The summed E-state index contributed by atoms with van der Waals surface area (Å²) in [6.45, 7) is 0.545. The molecule has 0 saturated carbocycles. The number of ether oxygens (including phenoxy) is 1. The number of hydrogen-bond acceptors (Lipinski definition) is 5. The number of carbonyl (C=O) groups is 2. The molecule has 7 heteroatoms. The van der Waals surface area contributed by atoms with Gasteiger partial charge in [-0.15, -0.1) is 0 Å². The summed E-state index contributed by atoms with van der Waals surface area (Å²) in [4.78, 5) is 29.5. The van der Waals surface area contributed by atoms with Crippen LogP contribution in [0.4, 0.5) is 0 Å². The Morgan fingerprint density at radius 2 is 2.04 bits per heavy atom. The number of nitrogens with zero attached hydrogens (tertiary/aromatic N) is 2. The monoisotopic (exact) mass is 358 g/mol. The number of thioether (sulfide) groups is 1. The Morgan fingerprint density at radius 1 is 1.24 bits per heavy atom. The first kappa shape index (κ1) is 17.3. The highest BCUT2D eigenvalue weighted by atomic mass is 32.2. The third-order valence-electron chi connectivity index (χ3n) is 3.85. The number of rotatable bonds is 5. The minimum Gasteiger partial charge on any atom is -0.481 e. The zero-order chi connectivity index (χ0) is 17.6. The molecule has 1 atom stereocenters. The summed E-state index contributed by atoms with van der Waals surface area (Å²) in [6, 6.07) is 12.3. The van der Waals surface area contributed by atoms with E-state index >= 15 is 0 Å². The second-order valence-electron chi connectivity index (χ2n) is 5.63. The molecule has 6 nitrogen and oxygen atoms in total. The lowest BCUT2D eigenvalue weighted by Crippen LogP contribution is -2.47. The fourth-order valence-electron chi connectivity index (χ4n) is 2.64. The predicted molar refractivity (Wildman–Crippen MR) is 95.2 cm³/mol. The number of para-hydroxylation sites is 1. The normalized spacial score (nSPS) is 17.1. The average molecular weight is 358 g/mol. The Hall–Kier alpha value is -2.54. The fraction of sp³-hybridized carbons (Fsp3) is 0.278. The first-order valence-electron chi connectivity index (χ1n) is 7.93. The highest BCUT2D eigenvalue weighted by Gasteiger charge is 2.29. The van der Waals surface area contributed by atoms with E-state index in [1.165, 1.54) is 6.20 Å². The zero-order valence-corrected chi connectivity index (χ0v) is 14.3. The predicted octanol–water partition coefficient (Wildman–Crippen LogP) is 2.91. The van der Waals surface area contributed by atoms with E-state index < -0.39 is 5.97 Å². The minimum absolute atomic E-state index is 0.0403. The number of carbonyl (C=O) groups excluding carboxylic acids is 1. The highest BCUT2D eigenvalue weighted by Crippen LogP contribution is 2.23. The van der Waals surface area contributed by atoms with Gasteiger partial charge in [-0.2, -0.15) is 11.8 Å². The number of benzene rings is 1. The maximum atomic E-state index is 12.7. The molecule has 25 heavy (non-hydrogen) atoms. The molecule has 0 spiro atoms. The first-order chi connectivity index (χ1) is 12.1. The quantitative estimate of drug-likeness (QED) is 0.885. The summed E-state index contributed by atoms with van der Waals surface area (Å²) >= 11 is 1.67. The molecule has 0 aliphatic carbocycles. The van der Waals surface area contributed by atoms with Gasteiger partial charge in [-0.25, -0.2) is 4.98 Å². The lowest BCUT2D eigenvalue weighted by Gasteiger charge is -2.34. The average Bonchev–Trinajstić information content (AvgIpc) is 2.63. The second-order valence-corrected chi connectivity index (χ2v) is 6.78. The van der Waals surface area contributed by atoms with E-state index in [9.17, 15) is 9.59 Å². The first-order valence-corrected chi connectivity index (χ1v) is 9.08. The van der Waals surface area contributed by atoms with Gasteiger partial charge < -0.3 is 14.7 Å². The number of carboxylic acid groups (broad SMARTS) is 1. The minimum atomic E-state index is -0.893. The van der Waals surface area contributed by atoms with Crippen molar-refractivity contribution in [1.82, 2.24) is 9.88 Å². The Morgan fingerprint density at radius 3 is 2.72 bits per heavy atom. The van der Waals surface area contributed by atoms with E-state index in [1.807, 2.05) is 30.3 Å².